The molecule has 1 amide bonds. The lowest BCUT2D eigenvalue weighted by Gasteiger charge is -2.48. The molecule has 1 N–H and O–H groups in total. The molecular formula is C32H37F3N4O2. The normalized spacial score (nSPS) is 28.2. The van der Waals surface area contributed by atoms with Crippen molar-refractivity contribution in [3.8, 4) is 6.07 Å². The number of halogens is 3. The van der Waals surface area contributed by atoms with Gasteiger partial charge >= 0.3 is 12.3 Å². The molecule has 4 aliphatic rings. The summed E-state index contributed by atoms with van der Waals surface area (Å²) >= 11 is 0. The van der Waals surface area contributed by atoms with Crippen molar-refractivity contribution < 1.29 is 22.7 Å². The molecule has 9 heteroatoms. The van der Waals surface area contributed by atoms with Crippen LogP contribution in [0.3, 0.4) is 0 Å². The number of ether oxygens (including phenoxy) is 1. The Bertz CT molecular complexity index is 1300. The van der Waals surface area contributed by atoms with E-state index >= 15 is 0 Å². The van der Waals surface area contributed by atoms with Gasteiger partial charge in [-0.2, -0.15) is 18.4 Å². The van der Waals surface area contributed by atoms with Crippen LogP contribution in [0.25, 0.3) is 0 Å². The average Bonchev–Trinajstić information content (AvgIpc) is 3.44. The van der Waals surface area contributed by atoms with Crippen molar-refractivity contribution >= 4 is 11.8 Å². The minimum Gasteiger partial charge on any atom is -0.453 e. The van der Waals surface area contributed by atoms with Crippen LogP contribution >= 0.6 is 0 Å². The fourth-order valence-corrected chi connectivity index (χ4v) is 8.54. The summed E-state index contributed by atoms with van der Waals surface area (Å²) in [5.74, 6) is 0.646. The number of alkyl carbamates (subject to hydrolysis) is 1. The van der Waals surface area contributed by atoms with Gasteiger partial charge in [0.25, 0.3) is 0 Å². The summed E-state index contributed by atoms with van der Waals surface area (Å²) in [4.78, 5) is 17.0. The van der Waals surface area contributed by atoms with Crippen LogP contribution in [0.4, 0.5) is 23.7 Å². The molecule has 2 aromatic rings. The lowest BCUT2D eigenvalue weighted by molar-refractivity contribution is -0.137. The lowest BCUT2D eigenvalue weighted by atomic mass is 9.57. The highest BCUT2D eigenvalue weighted by atomic mass is 19.4. The molecule has 0 spiro atoms. The smallest absolute Gasteiger partial charge is 0.416 e. The quantitative estimate of drug-likeness (QED) is 0.446. The molecule has 3 atom stereocenters. The van der Waals surface area contributed by atoms with Crippen molar-refractivity contribution in [1.82, 2.24) is 10.2 Å². The van der Waals surface area contributed by atoms with Crippen LogP contribution in [-0.2, 0) is 16.3 Å². The number of carbonyl (C=O) groups is 1. The summed E-state index contributed by atoms with van der Waals surface area (Å²) in [6, 6.07) is 18.5. The van der Waals surface area contributed by atoms with Crippen molar-refractivity contribution in [1.29, 1.82) is 5.26 Å². The maximum atomic E-state index is 12.9. The number of amides is 1. The Labute approximate surface area is 239 Å². The summed E-state index contributed by atoms with van der Waals surface area (Å²) < 4.78 is 43.7. The standard InChI is InChI=1S/C32H37F3N4O2/c1-41-28(40)37-30-15-5-14-29(30,21-30)31(22-36,24-6-3-2-4-7-24)25-12-16-38(17-13-25)18-23-19-39(20-23)27-10-8-26(9-11-27)32(33,34)35/h2-4,6-11,23,25H,5,12-21H2,1H3,(H,37,40)/t29-,30+,31?/m1/s1. The number of rotatable bonds is 7. The number of nitrogens with zero attached hydrogens (tertiary/aromatic N) is 3. The number of benzene rings is 2. The number of hydrogen-bond acceptors (Lipinski definition) is 5. The third-order valence-corrected chi connectivity index (χ3v) is 10.5. The number of anilines is 1. The van der Waals surface area contributed by atoms with Crippen LogP contribution < -0.4 is 10.2 Å². The van der Waals surface area contributed by atoms with Gasteiger partial charge in [0.05, 0.1) is 29.7 Å². The molecule has 41 heavy (non-hydrogen) atoms. The molecule has 2 aliphatic heterocycles. The predicted octanol–water partition coefficient (Wildman–Crippen LogP) is 5.98. The van der Waals surface area contributed by atoms with E-state index < -0.39 is 28.8 Å². The van der Waals surface area contributed by atoms with Gasteiger partial charge in [-0.05, 0) is 80.9 Å². The minimum atomic E-state index is -4.32. The van der Waals surface area contributed by atoms with Crippen molar-refractivity contribution in [2.75, 3.05) is 44.7 Å². The van der Waals surface area contributed by atoms with E-state index in [1.54, 1.807) is 12.1 Å². The predicted molar refractivity (Wildman–Crippen MR) is 149 cm³/mol. The van der Waals surface area contributed by atoms with E-state index in [0.717, 1.165) is 94.6 Å². The first-order valence-corrected chi connectivity index (χ1v) is 14.6. The molecule has 0 bridgehead atoms. The number of fused-ring (bicyclic) bond motifs is 1. The summed E-state index contributed by atoms with van der Waals surface area (Å²) in [5, 5.41) is 14.2. The molecule has 2 saturated carbocycles. The fourth-order valence-electron chi connectivity index (χ4n) is 8.54. The van der Waals surface area contributed by atoms with Crippen molar-refractivity contribution in [3.05, 3.63) is 65.7 Å². The van der Waals surface area contributed by atoms with Crippen LogP contribution in [0.5, 0.6) is 0 Å². The Morgan fingerprint density at radius 3 is 2.34 bits per heavy atom. The zero-order chi connectivity index (χ0) is 28.9. The van der Waals surface area contributed by atoms with Gasteiger partial charge in [0.15, 0.2) is 0 Å². The molecule has 218 valence electrons. The summed E-state index contributed by atoms with van der Waals surface area (Å²) in [5.41, 5.74) is -0.106. The van der Waals surface area contributed by atoms with Crippen LogP contribution in [0.15, 0.2) is 54.6 Å². The van der Waals surface area contributed by atoms with E-state index in [-0.39, 0.29) is 11.3 Å². The molecule has 1 unspecified atom stereocenters. The fraction of sp³-hybridized carbons (Fsp3) is 0.562. The highest BCUT2D eigenvalue weighted by Gasteiger charge is 2.80. The Balaban J connectivity index is 1.12. The topological polar surface area (TPSA) is 68.6 Å². The summed E-state index contributed by atoms with van der Waals surface area (Å²) in [6.45, 7) is 4.44. The van der Waals surface area contributed by atoms with Gasteiger partial charge in [-0.25, -0.2) is 4.79 Å². The molecule has 0 aromatic heterocycles. The van der Waals surface area contributed by atoms with E-state index in [2.05, 4.69) is 33.3 Å². The Morgan fingerprint density at radius 1 is 1.05 bits per heavy atom. The number of likely N-dealkylation sites (tertiary alicyclic amines) is 1. The van der Waals surface area contributed by atoms with Gasteiger partial charge in [0.1, 0.15) is 0 Å². The van der Waals surface area contributed by atoms with Gasteiger partial charge in [-0.3, -0.25) is 0 Å². The van der Waals surface area contributed by atoms with Crippen LogP contribution in [0.1, 0.15) is 49.7 Å². The van der Waals surface area contributed by atoms with Crippen molar-refractivity contribution in [2.24, 2.45) is 17.3 Å². The second-order valence-electron chi connectivity index (χ2n) is 12.5. The Kier molecular flexibility index (Phi) is 6.96. The highest BCUT2D eigenvalue weighted by Crippen LogP contribution is 2.76. The number of nitriles is 1. The van der Waals surface area contributed by atoms with E-state index in [1.807, 2.05) is 18.2 Å². The molecule has 2 heterocycles. The molecule has 2 aromatic carbocycles. The number of carbonyl (C=O) groups excluding carboxylic acids is 1. The van der Waals surface area contributed by atoms with Crippen LogP contribution in [0, 0.1) is 28.6 Å². The van der Waals surface area contributed by atoms with Crippen LogP contribution in [-0.4, -0.2) is 56.4 Å². The molecule has 6 rings (SSSR count). The van der Waals surface area contributed by atoms with Gasteiger partial charge < -0.3 is 19.9 Å². The number of methoxy groups -OCH3 is 1. The Hall–Kier alpha value is -3.25. The maximum absolute atomic E-state index is 12.9. The Morgan fingerprint density at radius 2 is 1.73 bits per heavy atom. The minimum absolute atomic E-state index is 0.176. The number of piperidine rings is 1. The molecular weight excluding hydrogens is 529 g/mol. The molecule has 2 saturated heterocycles. The lowest BCUT2D eigenvalue weighted by Crippen LogP contribution is -2.55. The van der Waals surface area contributed by atoms with Crippen molar-refractivity contribution in [2.45, 2.75) is 55.7 Å². The first-order valence-electron chi connectivity index (χ1n) is 14.6. The zero-order valence-corrected chi connectivity index (χ0v) is 23.4. The summed E-state index contributed by atoms with van der Waals surface area (Å²) in [6.07, 6.45) is 0.657. The first kappa shape index (κ1) is 27.9. The van der Waals surface area contributed by atoms with Gasteiger partial charge in [0.2, 0.25) is 0 Å². The van der Waals surface area contributed by atoms with E-state index in [9.17, 15) is 23.2 Å². The molecule has 4 fully saturated rings. The highest BCUT2D eigenvalue weighted by molar-refractivity contribution is 5.70. The zero-order valence-electron chi connectivity index (χ0n) is 23.4. The van der Waals surface area contributed by atoms with E-state index in [1.165, 1.54) is 7.11 Å². The second-order valence-corrected chi connectivity index (χ2v) is 12.5. The van der Waals surface area contributed by atoms with E-state index in [4.69, 9.17) is 4.74 Å². The maximum Gasteiger partial charge on any atom is 0.416 e. The number of nitrogens with one attached hydrogen (secondary N) is 1. The number of alkyl halides is 3. The second kappa shape index (κ2) is 10.2. The number of hydrogen-bond donors (Lipinski definition) is 1. The molecule has 0 radical (unpaired) electrons. The molecule has 6 nitrogen and oxygen atoms in total. The summed E-state index contributed by atoms with van der Waals surface area (Å²) in [7, 11) is 1.39. The monoisotopic (exact) mass is 566 g/mol. The van der Waals surface area contributed by atoms with Gasteiger partial charge in [-0.15, -0.1) is 0 Å². The largest absolute Gasteiger partial charge is 0.453 e. The third-order valence-electron chi connectivity index (χ3n) is 10.5. The van der Waals surface area contributed by atoms with Crippen molar-refractivity contribution in [3.63, 3.8) is 0 Å². The van der Waals surface area contributed by atoms with Crippen LogP contribution in [0.2, 0.25) is 0 Å². The third kappa shape index (κ3) is 4.55. The van der Waals surface area contributed by atoms with Gasteiger partial charge in [-0.1, -0.05) is 36.8 Å². The SMILES string of the molecule is COC(=O)N[C@]12CCC[C@@]1(C(C#N)(c1ccccc1)C1CCN(CC3CN(c4ccc(C(F)(F)F)cc4)C3)CC1)C2. The molecule has 2 aliphatic carbocycles. The van der Waals surface area contributed by atoms with Gasteiger partial charge in [0, 0.05) is 36.7 Å². The average molecular weight is 567 g/mol. The first-order chi connectivity index (χ1) is 19.7. The van der Waals surface area contributed by atoms with E-state index in [0.29, 0.717) is 5.92 Å².